The van der Waals surface area contributed by atoms with Crippen molar-refractivity contribution in [2.45, 2.75) is 0 Å². The molecule has 5 nitrogen and oxygen atoms in total. The first kappa shape index (κ1) is 13.1. The van der Waals surface area contributed by atoms with Crippen molar-refractivity contribution < 1.29 is 13.2 Å². The molecule has 0 saturated heterocycles. The van der Waals surface area contributed by atoms with E-state index in [4.69, 9.17) is 5.73 Å². The van der Waals surface area contributed by atoms with Crippen LogP contribution >= 0.6 is 0 Å². The third kappa shape index (κ3) is 2.20. The van der Waals surface area contributed by atoms with Crippen LogP contribution in [-0.2, 0) is 0 Å². The summed E-state index contributed by atoms with van der Waals surface area (Å²) in [6, 6.07) is 7.37. The number of halogens is 3. The SMILES string of the molecule is Nc1ccc(F)c(-c2nnnn2-c2cccc(F)c2F)c1. The summed E-state index contributed by atoms with van der Waals surface area (Å²) >= 11 is 0. The Kier molecular flexibility index (Phi) is 3.05. The van der Waals surface area contributed by atoms with Gasteiger partial charge in [0.05, 0.1) is 5.56 Å². The fourth-order valence-electron chi connectivity index (χ4n) is 1.89. The van der Waals surface area contributed by atoms with Gasteiger partial charge in [-0.15, -0.1) is 5.10 Å². The number of aromatic nitrogens is 4. The Balaban J connectivity index is 2.22. The maximum atomic E-state index is 13.9. The summed E-state index contributed by atoms with van der Waals surface area (Å²) < 4.78 is 41.9. The van der Waals surface area contributed by atoms with E-state index in [9.17, 15) is 13.2 Å². The highest BCUT2D eigenvalue weighted by Gasteiger charge is 2.19. The Morgan fingerprint density at radius 1 is 1.00 bits per heavy atom. The number of hydrogen-bond acceptors (Lipinski definition) is 4. The zero-order valence-electron chi connectivity index (χ0n) is 10.5. The van der Waals surface area contributed by atoms with Crippen molar-refractivity contribution >= 4 is 5.69 Å². The molecule has 0 amide bonds. The maximum Gasteiger partial charge on any atom is 0.190 e. The lowest BCUT2D eigenvalue weighted by Gasteiger charge is -2.07. The summed E-state index contributed by atoms with van der Waals surface area (Å²) in [6.07, 6.45) is 0. The van der Waals surface area contributed by atoms with Gasteiger partial charge >= 0.3 is 0 Å². The molecular formula is C13H8F3N5. The van der Waals surface area contributed by atoms with Gasteiger partial charge in [-0.1, -0.05) is 6.07 Å². The Bertz CT molecular complexity index is 799. The molecule has 0 bridgehead atoms. The lowest BCUT2D eigenvalue weighted by Crippen LogP contribution is -2.05. The lowest BCUT2D eigenvalue weighted by atomic mass is 10.1. The van der Waals surface area contributed by atoms with E-state index in [1.807, 2.05) is 0 Å². The molecule has 3 rings (SSSR count). The van der Waals surface area contributed by atoms with Gasteiger partial charge in [0.15, 0.2) is 17.5 Å². The fraction of sp³-hybridized carbons (Fsp3) is 0. The van der Waals surface area contributed by atoms with Crippen molar-refractivity contribution in [3.05, 3.63) is 53.8 Å². The third-order valence-electron chi connectivity index (χ3n) is 2.86. The Hall–Kier alpha value is -2.90. The number of anilines is 1. The fourth-order valence-corrected chi connectivity index (χ4v) is 1.89. The number of rotatable bonds is 2. The second-order valence-electron chi connectivity index (χ2n) is 4.23. The predicted molar refractivity (Wildman–Crippen MR) is 68.9 cm³/mol. The molecule has 0 saturated carbocycles. The van der Waals surface area contributed by atoms with Gasteiger partial charge in [-0.05, 0) is 40.8 Å². The summed E-state index contributed by atoms with van der Waals surface area (Å²) in [6.45, 7) is 0. The summed E-state index contributed by atoms with van der Waals surface area (Å²) in [4.78, 5) is 0. The van der Waals surface area contributed by atoms with Crippen molar-refractivity contribution in [2.75, 3.05) is 5.73 Å². The van der Waals surface area contributed by atoms with Gasteiger partial charge in [0.2, 0.25) is 0 Å². The minimum absolute atomic E-state index is 0.0105. The van der Waals surface area contributed by atoms with Crippen LogP contribution in [0.5, 0.6) is 0 Å². The van der Waals surface area contributed by atoms with Crippen LogP contribution in [0.15, 0.2) is 36.4 Å². The van der Waals surface area contributed by atoms with E-state index in [0.717, 1.165) is 16.8 Å². The molecule has 0 radical (unpaired) electrons. The van der Waals surface area contributed by atoms with Crippen LogP contribution in [0.1, 0.15) is 0 Å². The molecule has 0 unspecified atom stereocenters. The molecular weight excluding hydrogens is 283 g/mol. The van der Waals surface area contributed by atoms with Crippen molar-refractivity contribution in [3.63, 3.8) is 0 Å². The molecule has 0 fully saturated rings. The van der Waals surface area contributed by atoms with E-state index in [1.165, 1.54) is 24.3 Å². The largest absolute Gasteiger partial charge is 0.399 e. The molecule has 8 heteroatoms. The number of nitrogen functional groups attached to an aromatic ring is 1. The van der Waals surface area contributed by atoms with Crippen molar-refractivity contribution in [3.8, 4) is 17.1 Å². The van der Waals surface area contributed by atoms with E-state index in [0.29, 0.717) is 5.69 Å². The van der Waals surface area contributed by atoms with Crippen molar-refractivity contribution in [2.24, 2.45) is 0 Å². The Labute approximate surface area is 116 Å². The average Bonchev–Trinajstić information content (AvgIpc) is 2.93. The van der Waals surface area contributed by atoms with Crippen LogP contribution in [0, 0.1) is 17.5 Å². The van der Waals surface area contributed by atoms with Gasteiger partial charge in [0, 0.05) is 5.69 Å². The molecule has 1 aromatic heterocycles. The molecule has 2 N–H and O–H groups in total. The normalized spacial score (nSPS) is 10.8. The van der Waals surface area contributed by atoms with E-state index in [1.54, 1.807) is 0 Å². The first-order valence-corrected chi connectivity index (χ1v) is 5.86. The summed E-state index contributed by atoms with van der Waals surface area (Å²) in [7, 11) is 0. The highest BCUT2D eigenvalue weighted by molar-refractivity contribution is 5.63. The van der Waals surface area contributed by atoms with Gasteiger partial charge in [-0.2, -0.15) is 4.68 Å². The Morgan fingerprint density at radius 2 is 1.81 bits per heavy atom. The highest BCUT2D eigenvalue weighted by atomic mass is 19.2. The predicted octanol–water partition coefficient (Wildman–Crippen LogP) is 2.33. The molecule has 2 aromatic carbocycles. The number of benzene rings is 2. The van der Waals surface area contributed by atoms with Gasteiger partial charge in [0.1, 0.15) is 11.5 Å². The summed E-state index contributed by atoms with van der Waals surface area (Å²) in [5.41, 5.74) is 5.65. The van der Waals surface area contributed by atoms with Crippen LogP contribution < -0.4 is 5.73 Å². The molecule has 0 aliphatic carbocycles. The summed E-state index contributed by atoms with van der Waals surface area (Å²) in [5.74, 6) is -2.89. The topological polar surface area (TPSA) is 69.6 Å². The molecule has 3 aromatic rings. The molecule has 0 spiro atoms. The average molecular weight is 291 g/mol. The second kappa shape index (κ2) is 4.89. The van der Waals surface area contributed by atoms with Crippen molar-refractivity contribution in [1.29, 1.82) is 0 Å². The van der Waals surface area contributed by atoms with Crippen LogP contribution in [0.4, 0.5) is 18.9 Å². The molecule has 21 heavy (non-hydrogen) atoms. The van der Waals surface area contributed by atoms with Crippen LogP contribution in [0.25, 0.3) is 17.1 Å². The first-order valence-electron chi connectivity index (χ1n) is 5.86. The molecule has 106 valence electrons. The van der Waals surface area contributed by atoms with E-state index < -0.39 is 17.5 Å². The molecule has 1 heterocycles. The van der Waals surface area contributed by atoms with Crippen LogP contribution in [0.3, 0.4) is 0 Å². The van der Waals surface area contributed by atoms with Crippen molar-refractivity contribution in [1.82, 2.24) is 20.2 Å². The highest BCUT2D eigenvalue weighted by Crippen LogP contribution is 2.26. The number of tetrazole rings is 1. The molecule has 0 aliphatic rings. The zero-order chi connectivity index (χ0) is 15.0. The molecule has 0 aliphatic heterocycles. The van der Waals surface area contributed by atoms with Gasteiger partial charge in [-0.25, -0.2) is 13.2 Å². The lowest BCUT2D eigenvalue weighted by molar-refractivity contribution is 0.500. The standard InChI is InChI=1S/C13H8F3N5/c14-9-5-4-7(17)6-8(9)13-18-19-20-21(13)11-3-1-2-10(15)12(11)16/h1-6H,17H2. The Morgan fingerprint density at radius 3 is 2.62 bits per heavy atom. The van der Waals surface area contributed by atoms with Gasteiger partial charge in [-0.3, -0.25) is 0 Å². The van der Waals surface area contributed by atoms with Crippen LogP contribution in [-0.4, -0.2) is 20.2 Å². The van der Waals surface area contributed by atoms with Crippen LogP contribution in [0.2, 0.25) is 0 Å². The van der Waals surface area contributed by atoms with Gasteiger partial charge in [0.25, 0.3) is 0 Å². The van der Waals surface area contributed by atoms with E-state index in [2.05, 4.69) is 15.5 Å². The zero-order valence-corrected chi connectivity index (χ0v) is 10.5. The van der Waals surface area contributed by atoms with E-state index in [-0.39, 0.29) is 17.1 Å². The van der Waals surface area contributed by atoms with Gasteiger partial charge < -0.3 is 5.73 Å². The number of hydrogen-bond donors (Lipinski definition) is 1. The quantitative estimate of drug-likeness (QED) is 0.736. The first-order chi connectivity index (χ1) is 10.1. The number of nitrogens with zero attached hydrogens (tertiary/aromatic N) is 4. The second-order valence-corrected chi connectivity index (χ2v) is 4.23. The minimum atomic E-state index is -1.13. The minimum Gasteiger partial charge on any atom is -0.399 e. The monoisotopic (exact) mass is 291 g/mol. The molecule has 0 atom stereocenters. The smallest absolute Gasteiger partial charge is 0.190 e. The maximum absolute atomic E-state index is 13.9. The summed E-state index contributed by atoms with van der Waals surface area (Å²) in [5, 5.41) is 10.6. The number of nitrogens with two attached hydrogens (primary N) is 1. The third-order valence-corrected chi connectivity index (χ3v) is 2.86. The van der Waals surface area contributed by atoms with E-state index >= 15 is 0 Å².